The second-order valence-electron chi connectivity index (χ2n) is 7.16. The molecule has 1 heterocycles. The normalized spacial score (nSPS) is 12.9. The van der Waals surface area contributed by atoms with Crippen molar-refractivity contribution in [1.82, 2.24) is 10.3 Å². The molecule has 3 aromatic carbocycles. The quantitative estimate of drug-likeness (QED) is 0.643. The standard InChI is InChI=1S/C25H23N3O3/c29-24(28-15-14-23(27-28)20-10-5-2-6-11-20)18-31-22-13-7-12-21(16-22)25(30)26-17-19-8-3-1-4-9-19/h1-13,16H,14-15,17-18H2,(H,26,30). The van der Waals surface area contributed by atoms with E-state index in [9.17, 15) is 9.59 Å². The topological polar surface area (TPSA) is 71.0 Å². The van der Waals surface area contributed by atoms with Crippen LogP contribution in [-0.2, 0) is 11.3 Å². The number of amides is 2. The van der Waals surface area contributed by atoms with Crippen LogP contribution in [0.25, 0.3) is 0 Å². The number of hydrogen-bond donors (Lipinski definition) is 1. The Morgan fingerprint density at radius 2 is 1.68 bits per heavy atom. The first-order valence-corrected chi connectivity index (χ1v) is 10.2. The van der Waals surface area contributed by atoms with Crippen LogP contribution in [0.4, 0.5) is 0 Å². The van der Waals surface area contributed by atoms with Gasteiger partial charge < -0.3 is 10.1 Å². The van der Waals surface area contributed by atoms with Crippen molar-refractivity contribution in [3.63, 3.8) is 0 Å². The molecule has 4 rings (SSSR count). The molecule has 0 aromatic heterocycles. The molecule has 0 spiro atoms. The van der Waals surface area contributed by atoms with E-state index in [2.05, 4.69) is 10.4 Å². The van der Waals surface area contributed by atoms with Gasteiger partial charge in [-0.05, 0) is 29.3 Å². The molecule has 31 heavy (non-hydrogen) atoms. The van der Waals surface area contributed by atoms with Crippen LogP contribution in [0.15, 0.2) is 90.0 Å². The third-order valence-electron chi connectivity index (χ3n) is 4.95. The molecule has 1 aliphatic heterocycles. The number of nitrogens with zero attached hydrogens (tertiary/aromatic N) is 2. The summed E-state index contributed by atoms with van der Waals surface area (Å²) in [5.74, 6) is 0.0503. The Kier molecular flexibility index (Phi) is 6.38. The highest BCUT2D eigenvalue weighted by Crippen LogP contribution is 2.16. The molecule has 0 radical (unpaired) electrons. The van der Waals surface area contributed by atoms with Crippen molar-refractivity contribution >= 4 is 17.5 Å². The maximum absolute atomic E-state index is 12.5. The summed E-state index contributed by atoms with van der Waals surface area (Å²) in [7, 11) is 0. The predicted molar refractivity (Wildman–Crippen MR) is 119 cm³/mol. The van der Waals surface area contributed by atoms with Crippen LogP contribution in [0.5, 0.6) is 5.75 Å². The zero-order valence-corrected chi connectivity index (χ0v) is 17.0. The minimum absolute atomic E-state index is 0.138. The first-order chi connectivity index (χ1) is 15.2. The second-order valence-corrected chi connectivity index (χ2v) is 7.16. The molecule has 3 aromatic rings. The van der Waals surface area contributed by atoms with E-state index < -0.39 is 0 Å². The summed E-state index contributed by atoms with van der Waals surface area (Å²) < 4.78 is 5.63. The molecule has 0 unspecified atom stereocenters. The minimum Gasteiger partial charge on any atom is -0.484 e. The van der Waals surface area contributed by atoms with Crippen molar-refractivity contribution in [3.8, 4) is 5.75 Å². The number of benzene rings is 3. The van der Waals surface area contributed by atoms with E-state index in [-0.39, 0.29) is 18.4 Å². The summed E-state index contributed by atoms with van der Waals surface area (Å²) in [6.45, 7) is 0.842. The van der Waals surface area contributed by atoms with Crippen LogP contribution in [-0.4, -0.2) is 35.7 Å². The van der Waals surface area contributed by atoms with Gasteiger partial charge >= 0.3 is 0 Å². The summed E-state index contributed by atoms with van der Waals surface area (Å²) in [4.78, 5) is 24.9. The van der Waals surface area contributed by atoms with Crippen LogP contribution in [0, 0.1) is 0 Å². The third kappa shape index (κ3) is 5.36. The molecule has 0 fully saturated rings. The lowest BCUT2D eigenvalue weighted by Crippen LogP contribution is -2.29. The summed E-state index contributed by atoms with van der Waals surface area (Å²) in [6, 6.07) is 26.3. The fourth-order valence-electron chi connectivity index (χ4n) is 3.30. The molecule has 0 saturated heterocycles. The first kappa shape index (κ1) is 20.3. The van der Waals surface area contributed by atoms with Gasteiger partial charge in [-0.15, -0.1) is 0 Å². The zero-order valence-electron chi connectivity index (χ0n) is 17.0. The molecule has 6 nitrogen and oxygen atoms in total. The number of hydrazone groups is 1. The minimum atomic E-state index is -0.218. The number of nitrogens with one attached hydrogen (secondary N) is 1. The largest absolute Gasteiger partial charge is 0.484 e. The van der Waals surface area contributed by atoms with E-state index in [1.807, 2.05) is 60.7 Å². The third-order valence-corrected chi connectivity index (χ3v) is 4.95. The van der Waals surface area contributed by atoms with Crippen molar-refractivity contribution in [2.75, 3.05) is 13.2 Å². The van der Waals surface area contributed by atoms with Gasteiger partial charge in [0.1, 0.15) is 5.75 Å². The van der Waals surface area contributed by atoms with Gasteiger partial charge in [-0.3, -0.25) is 9.59 Å². The summed E-state index contributed by atoms with van der Waals surface area (Å²) in [5, 5.41) is 8.75. The van der Waals surface area contributed by atoms with Crippen molar-refractivity contribution in [2.45, 2.75) is 13.0 Å². The molecular weight excluding hydrogens is 390 g/mol. The molecule has 2 amide bonds. The number of carbonyl (C=O) groups excluding carboxylic acids is 2. The zero-order chi connectivity index (χ0) is 21.5. The Labute approximate surface area is 181 Å². The maximum atomic E-state index is 12.5. The number of carbonyl (C=O) groups is 2. The van der Waals surface area contributed by atoms with Crippen molar-refractivity contribution in [2.24, 2.45) is 5.10 Å². The Hall–Kier alpha value is -3.93. The average molecular weight is 413 g/mol. The monoisotopic (exact) mass is 413 g/mol. The van der Waals surface area contributed by atoms with E-state index in [1.165, 1.54) is 5.01 Å². The lowest BCUT2D eigenvalue weighted by Gasteiger charge is -2.13. The highest BCUT2D eigenvalue weighted by Gasteiger charge is 2.22. The number of rotatable bonds is 7. The van der Waals surface area contributed by atoms with Gasteiger partial charge in [-0.2, -0.15) is 5.10 Å². The van der Waals surface area contributed by atoms with Crippen LogP contribution in [0.1, 0.15) is 27.9 Å². The molecule has 1 N–H and O–H groups in total. The molecule has 0 atom stereocenters. The van der Waals surface area contributed by atoms with E-state index >= 15 is 0 Å². The summed E-state index contributed by atoms with van der Waals surface area (Å²) in [6.07, 6.45) is 0.715. The van der Waals surface area contributed by atoms with E-state index in [0.29, 0.717) is 30.8 Å². The smallest absolute Gasteiger partial charge is 0.280 e. The molecule has 0 saturated carbocycles. The number of hydrogen-bond acceptors (Lipinski definition) is 4. The maximum Gasteiger partial charge on any atom is 0.280 e. The molecule has 0 bridgehead atoms. The Morgan fingerprint density at radius 3 is 2.45 bits per heavy atom. The number of ether oxygens (including phenoxy) is 1. The SMILES string of the molecule is O=C(NCc1ccccc1)c1cccc(OCC(=O)N2CCC(c3ccccc3)=N2)c1. The van der Waals surface area contributed by atoms with Crippen LogP contribution in [0.3, 0.4) is 0 Å². The van der Waals surface area contributed by atoms with Gasteiger partial charge in [-0.1, -0.05) is 66.7 Å². The lowest BCUT2D eigenvalue weighted by atomic mass is 10.1. The fourth-order valence-corrected chi connectivity index (χ4v) is 3.30. The first-order valence-electron chi connectivity index (χ1n) is 10.2. The van der Waals surface area contributed by atoms with Gasteiger partial charge in [0.05, 0.1) is 12.3 Å². The Balaban J connectivity index is 1.31. The van der Waals surface area contributed by atoms with Gasteiger partial charge in [0.2, 0.25) is 0 Å². The van der Waals surface area contributed by atoms with Crippen LogP contribution < -0.4 is 10.1 Å². The molecule has 156 valence electrons. The summed E-state index contributed by atoms with van der Waals surface area (Å²) >= 11 is 0. The summed E-state index contributed by atoms with van der Waals surface area (Å²) in [5.41, 5.74) is 3.42. The van der Waals surface area contributed by atoms with Crippen LogP contribution >= 0.6 is 0 Å². The van der Waals surface area contributed by atoms with Gasteiger partial charge in [0.25, 0.3) is 11.8 Å². The van der Waals surface area contributed by atoms with E-state index in [0.717, 1.165) is 16.8 Å². The fraction of sp³-hybridized carbons (Fsp3) is 0.160. The molecule has 1 aliphatic rings. The van der Waals surface area contributed by atoms with Crippen molar-refractivity contribution < 1.29 is 14.3 Å². The van der Waals surface area contributed by atoms with Crippen LogP contribution in [0.2, 0.25) is 0 Å². The Bertz CT molecular complexity index is 1080. The Morgan fingerprint density at radius 1 is 0.935 bits per heavy atom. The van der Waals surface area contributed by atoms with Crippen molar-refractivity contribution in [3.05, 3.63) is 102 Å². The average Bonchev–Trinajstić information content (AvgIpc) is 3.33. The molecule has 0 aliphatic carbocycles. The van der Waals surface area contributed by atoms with Gasteiger partial charge in [0.15, 0.2) is 6.61 Å². The van der Waals surface area contributed by atoms with Crippen molar-refractivity contribution in [1.29, 1.82) is 0 Å². The lowest BCUT2D eigenvalue weighted by molar-refractivity contribution is -0.132. The highest BCUT2D eigenvalue weighted by molar-refractivity contribution is 6.02. The predicted octanol–water partition coefficient (Wildman–Crippen LogP) is 3.63. The van der Waals surface area contributed by atoms with E-state index in [1.54, 1.807) is 24.3 Å². The second kappa shape index (κ2) is 9.71. The van der Waals surface area contributed by atoms with E-state index in [4.69, 9.17) is 4.74 Å². The van der Waals surface area contributed by atoms with Gasteiger partial charge in [0, 0.05) is 18.5 Å². The molecular formula is C25H23N3O3. The highest BCUT2D eigenvalue weighted by atomic mass is 16.5. The molecule has 6 heteroatoms. The van der Waals surface area contributed by atoms with Gasteiger partial charge in [-0.25, -0.2) is 5.01 Å².